The lowest BCUT2D eigenvalue weighted by atomic mass is 10.0. The maximum absolute atomic E-state index is 12.2. The van der Waals surface area contributed by atoms with Gasteiger partial charge in [0.05, 0.1) is 18.1 Å². The largest absolute Gasteiger partial charge is 0.368 e. The fourth-order valence-corrected chi connectivity index (χ4v) is 3.31. The molecule has 6 nitrogen and oxygen atoms in total. The molecular formula is C15H24N4O2. The number of carbonyl (C=O) groups is 1. The number of aryl methyl sites for hydroxylation is 1. The third-order valence-electron chi connectivity index (χ3n) is 4.57. The van der Waals surface area contributed by atoms with Crippen LogP contribution in [0.2, 0.25) is 0 Å². The molecule has 0 radical (unpaired) electrons. The second-order valence-electron chi connectivity index (χ2n) is 6.25. The number of likely N-dealkylation sites (tertiary alicyclic amines) is 1. The number of hydrogen-bond donors (Lipinski definition) is 1. The summed E-state index contributed by atoms with van der Waals surface area (Å²) in [4.78, 5) is 18.4. The van der Waals surface area contributed by atoms with E-state index in [0.717, 1.165) is 18.5 Å². The number of amides is 1. The van der Waals surface area contributed by atoms with Crippen LogP contribution in [0.25, 0.3) is 0 Å². The van der Waals surface area contributed by atoms with Crippen LogP contribution in [0.15, 0.2) is 12.5 Å². The lowest BCUT2D eigenvalue weighted by molar-refractivity contribution is -0.137. The molecule has 3 rings (SSSR count). The van der Waals surface area contributed by atoms with Gasteiger partial charge in [-0.3, -0.25) is 4.79 Å². The average Bonchev–Trinajstić information content (AvgIpc) is 3.17. The Morgan fingerprint density at radius 3 is 2.86 bits per heavy atom. The van der Waals surface area contributed by atoms with Crippen LogP contribution < -0.4 is 5.73 Å². The molecule has 2 fully saturated rings. The molecule has 2 heterocycles. The molecule has 1 amide bonds. The summed E-state index contributed by atoms with van der Waals surface area (Å²) in [5, 5.41) is 0. The topological polar surface area (TPSA) is 73.4 Å². The molecule has 0 bridgehead atoms. The van der Waals surface area contributed by atoms with Crippen molar-refractivity contribution in [3.05, 3.63) is 18.2 Å². The number of carbonyl (C=O) groups excluding carboxylic acids is 1. The van der Waals surface area contributed by atoms with Crippen LogP contribution in [0.4, 0.5) is 0 Å². The van der Waals surface area contributed by atoms with Gasteiger partial charge in [-0.1, -0.05) is 12.8 Å². The zero-order valence-electron chi connectivity index (χ0n) is 12.6. The quantitative estimate of drug-likeness (QED) is 0.883. The molecule has 1 aliphatic carbocycles. The molecule has 1 aliphatic heterocycles. The van der Waals surface area contributed by atoms with Gasteiger partial charge in [-0.25, -0.2) is 4.98 Å². The van der Waals surface area contributed by atoms with Crippen molar-refractivity contribution in [1.82, 2.24) is 14.5 Å². The van der Waals surface area contributed by atoms with Gasteiger partial charge >= 0.3 is 0 Å². The number of nitrogens with two attached hydrogens (primary N) is 1. The molecule has 1 saturated heterocycles. The summed E-state index contributed by atoms with van der Waals surface area (Å²) in [6, 6.07) is -0.0460. The highest BCUT2D eigenvalue weighted by atomic mass is 16.5. The number of rotatable bonds is 4. The van der Waals surface area contributed by atoms with Crippen LogP contribution in [0.5, 0.6) is 0 Å². The Labute approximate surface area is 125 Å². The van der Waals surface area contributed by atoms with Crippen LogP contribution in [0.3, 0.4) is 0 Å². The predicted molar refractivity (Wildman–Crippen MR) is 78.7 cm³/mol. The van der Waals surface area contributed by atoms with Crippen LogP contribution in [-0.4, -0.2) is 52.2 Å². The minimum Gasteiger partial charge on any atom is -0.368 e. The number of nitrogens with zero attached hydrogens (tertiary/aromatic N) is 3. The van der Waals surface area contributed by atoms with Crippen LogP contribution in [0.1, 0.15) is 37.3 Å². The van der Waals surface area contributed by atoms with E-state index in [1.54, 1.807) is 6.33 Å². The van der Waals surface area contributed by atoms with Gasteiger partial charge in [0.1, 0.15) is 6.61 Å². The second kappa shape index (κ2) is 6.15. The average molecular weight is 292 g/mol. The standard InChI is InChI=1S/C15H24N4O2/c1-18-8-14(17-10-18)12-6-19(7-13(12)16)15(20)9-21-11-4-2-3-5-11/h8,10-13H,2-7,9,16H2,1H3/t12-,13-/m1/s1. The first kappa shape index (κ1) is 14.5. The zero-order valence-corrected chi connectivity index (χ0v) is 12.6. The zero-order chi connectivity index (χ0) is 14.8. The molecule has 0 spiro atoms. The maximum Gasteiger partial charge on any atom is 0.248 e. The fraction of sp³-hybridized carbons (Fsp3) is 0.733. The van der Waals surface area contributed by atoms with Gasteiger partial charge in [0, 0.05) is 38.3 Å². The van der Waals surface area contributed by atoms with E-state index in [0.29, 0.717) is 13.1 Å². The monoisotopic (exact) mass is 292 g/mol. The van der Waals surface area contributed by atoms with E-state index in [9.17, 15) is 4.79 Å². The normalized spacial score (nSPS) is 26.7. The summed E-state index contributed by atoms with van der Waals surface area (Å²) < 4.78 is 7.62. The van der Waals surface area contributed by atoms with E-state index >= 15 is 0 Å². The summed E-state index contributed by atoms with van der Waals surface area (Å²) in [5.41, 5.74) is 7.15. The first-order valence-electron chi connectivity index (χ1n) is 7.76. The molecule has 1 saturated carbocycles. The van der Waals surface area contributed by atoms with Gasteiger partial charge in [0.25, 0.3) is 0 Å². The van der Waals surface area contributed by atoms with Crippen molar-refractivity contribution in [2.75, 3.05) is 19.7 Å². The molecule has 2 N–H and O–H groups in total. The van der Waals surface area contributed by atoms with E-state index in [1.807, 2.05) is 22.7 Å². The predicted octanol–water partition coefficient (Wildman–Crippen LogP) is 0.632. The van der Waals surface area contributed by atoms with E-state index in [4.69, 9.17) is 10.5 Å². The van der Waals surface area contributed by atoms with Crippen molar-refractivity contribution in [2.24, 2.45) is 12.8 Å². The van der Waals surface area contributed by atoms with Crippen molar-refractivity contribution in [2.45, 2.75) is 43.7 Å². The number of hydrogen-bond acceptors (Lipinski definition) is 4. The highest BCUT2D eigenvalue weighted by Crippen LogP contribution is 2.26. The minimum absolute atomic E-state index is 0.0460. The third kappa shape index (κ3) is 3.27. The lowest BCUT2D eigenvalue weighted by Crippen LogP contribution is -2.35. The van der Waals surface area contributed by atoms with E-state index in [2.05, 4.69) is 4.98 Å². The smallest absolute Gasteiger partial charge is 0.248 e. The summed E-state index contributed by atoms with van der Waals surface area (Å²) in [6.45, 7) is 1.42. The van der Waals surface area contributed by atoms with Crippen molar-refractivity contribution in [3.63, 3.8) is 0 Å². The van der Waals surface area contributed by atoms with Gasteiger partial charge in [0.15, 0.2) is 0 Å². The van der Waals surface area contributed by atoms with Gasteiger partial charge in [0.2, 0.25) is 5.91 Å². The van der Waals surface area contributed by atoms with E-state index in [-0.39, 0.29) is 30.6 Å². The molecule has 1 aromatic heterocycles. The molecule has 21 heavy (non-hydrogen) atoms. The number of ether oxygens (including phenoxy) is 1. The Hall–Kier alpha value is -1.40. The molecule has 0 aromatic carbocycles. The first-order valence-corrected chi connectivity index (χ1v) is 7.76. The third-order valence-corrected chi connectivity index (χ3v) is 4.57. The van der Waals surface area contributed by atoms with E-state index < -0.39 is 0 Å². The lowest BCUT2D eigenvalue weighted by Gasteiger charge is -2.18. The molecule has 116 valence electrons. The molecule has 2 aliphatic rings. The van der Waals surface area contributed by atoms with Crippen LogP contribution in [0, 0.1) is 0 Å². The Balaban J connectivity index is 1.53. The van der Waals surface area contributed by atoms with Gasteiger partial charge < -0.3 is 19.9 Å². The van der Waals surface area contributed by atoms with Crippen molar-refractivity contribution in [3.8, 4) is 0 Å². The second-order valence-corrected chi connectivity index (χ2v) is 6.25. The highest BCUT2D eigenvalue weighted by Gasteiger charge is 2.35. The Bertz CT molecular complexity index is 496. The number of imidazole rings is 1. The van der Waals surface area contributed by atoms with Crippen molar-refractivity contribution < 1.29 is 9.53 Å². The Kier molecular flexibility index (Phi) is 4.26. The van der Waals surface area contributed by atoms with Gasteiger partial charge in [-0.15, -0.1) is 0 Å². The molecular weight excluding hydrogens is 268 g/mol. The summed E-state index contributed by atoms with van der Waals surface area (Å²) in [6.07, 6.45) is 8.64. The van der Waals surface area contributed by atoms with Crippen LogP contribution in [-0.2, 0) is 16.6 Å². The summed E-state index contributed by atoms with van der Waals surface area (Å²) in [7, 11) is 1.94. The van der Waals surface area contributed by atoms with Crippen molar-refractivity contribution in [1.29, 1.82) is 0 Å². The summed E-state index contributed by atoms with van der Waals surface area (Å²) in [5.74, 6) is 0.178. The Morgan fingerprint density at radius 2 is 2.19 bits per heavy atom. The maximum atomic E-state index is 12.2. The minimum atomic E-state index is -0.0460. The highest BCUT2D eigenvalue weighted by molar-refractivity contribution is 5.78. The SMILES string of the molecule is Cn1cnc([C@@H]2CN(C(=O)COC3CCCC3)C[C@H]2N)c1. The van der Waals surface area contributed by atoms with E-state index in [1.165, 1.54) is 12.8 Å². The van der Waals surface area contributed by atoms with Crippen molar-refractivity contribution >= 4 is 5.91 Å². The summed E-state index contributed by atoms with van der Waals surface area (Å²) >= 11 is 0. The molecule has 2 atom stereocenters. The van der Waals surface area contributed by atoms with Gasteiger partial charge in [-0.05, 0) is 12.8 Å². The number of aromatic nitrogens is 2. The first-order chi connectivity index (χ1) is 10.1. The van der Waals surface area contributed by atoms with Gasteiger partial charge in [-0.2, -0.15) is 0 Å². The fourth-order valence-electron chi connectivity index (χ4n) is 3.31. The molecule has 6 heteroatoms. The van der Waals surface area contributed by atoms with Crippen LogP contribution >= 0.6 is 0 Å². The molecule has 0 unspecified atom stereocenters. The Morgan fingerprint density at radius 1 is 1.43 bits per heavy atom. The molecule has 1 aromatic rings.